The zero-order valence-corrected chi connectivity index (χ0v) is 18.2. The molecule has 1 unspecified atom stereocenters. The van der Waals surface area contributed by atoms with E-state index in [2.05, 4.69) is 70.0 Å². The molecular weight excluding hydrogens is 440 g/mol. The van der Waals surface area contributed by atoms with Crippen molar-refractivity contribution < 1.29 is 4.79 Å². The topological polar surface area (TPSA) is 17.1 Å². The van der Waals surface area contributed by atoms with Gasteiger partial charge in [-0.05, 0) is 79.6 Å². The molecule has 2 aliphatic carbocycles. The lowest BCUT2D eigenvalue weighted by Crippen LogP contribution is -2.02. The number of ketones is 1. The molecule has 0 N–H and O–H groups in total. The molecule has 0 aromatic heterocycles. The monoisotopic (exact) mass is 460 g/mol. The summed E-state index contributed by atoms with van der Waals surface area (Å²) in [5.41, 5.74) is 8.86. The Kier molecular flexibility index (Phi) is 5.36. The summed E-state index contributed by atoms with van der Waals surface area (Å²) in [5, 5.41) is 0. The Morgan fingerprint density at radius 3 is 2.20 bits per heavy atom. The molecule has 0 heterocycles. The molecule has 3 heteroatoms. The van der Waals surface area contributed by atoms with Crippen molar-refractivity contribution in [3.8, 4) is 0 Å². The average Bonchev–Trinajstić information content (AvgIpc) is 3.02. The first-order valence-electron chi connectivity index (χ1n) is 8.55. The Morgan fingerprint density at radius 2 is 1.52 bits per heavy atom. The van der Waals surface area contributed by atoms with Crippen LogP contribution in [0, 0.1) is 19.8 Å². The fraction of sp³-hybridized carbons (Fsp3) is 0.318. The number of allylic oxidation sites excluding steroid dienone is 1. The summed E-state index contributed by atoms with van der Waals surface area (Å²) in [6.45, 7) is 8.32. The highest BCUT2D eigenvalue weighted by Gasteiger charge is 2.28. The van der Waals surface area contributed by atoms with Crippen molar-refractivity contribution in [2.45, 2.75) is 40.5 Å². The number of Topliss-reactive ketones (excluding diaryl/α,β-unsaturated/α-hetero) is 1. The highest BCUT2D eigenvalue weighted by Crippen LogP contribution is 2.33. The van der Waals surface area contributed by atoms with Crippen molar-refractivity contribution in [3.05, 3.63) is 72.2 Å². The van der Waals surface area contributed by atoms with Gasteiger partial charge in [0.15, 0.2) is 5.78 Å². The number of halogens is 2. The zero-order chi connectivity index (χ0) is 18.3. The summed E-state index contributed by atoms with van der Waals surface area (Å²) < 4.78 is 2.34. The molecule has 130 valence electrons. The summed E-state index contributed by atoms with van der Waals surface area (Å²) in [7, 11) is 0. The summed E-state index contributed by atoms with van der Waals surface area (Å²) in [4.78, 5) is 11.7. The van der Waals surface area contributed by atoms with Crippen molar-refractivity contribution in [2.75, 3.05) is 0 Å². The van der Waals surface area contributed by atoms with E-state index in [0.29, 0.717) is 5.78 Å². The van der Waals surface area contributed by atoms with E-state index in [1.165, 1.54) is 32.3 Å². The molecule has 0 spiro atoms. The summed E-state index contributed by atoms with van der Waals surface area (Å²) in [6, 6.07) is 8.50. The van der Waals surface area contributed by atoms with Crippen LogP contribution < -0.4 is 0 Å². The van der Waals surface area contributed by atoms with Crippen molar-refractivity contribution >= 4 is 43.7 Å². The highest BCUT2D eigenvalue weighted by atomic mass is 79.9. The lowest BCUT2D eigenvalue weighted by atomic mass is 10.1. The van der Waals surface area contributed by atoms with Gasteiger partial charge in [0.05, 0.1) is 0 Å². The lowest BCUT2D eigenvalue weighted by Gasteiger charge is -2.03. The van der Waals surface area contributed by atoms with E-state index in [9.17, 15) is 4.79 Å². The van der Waals surface area contributed by atoms with E-state index >= 15 is 0 Å². The minimum atomic E-state index is 0.160. The number of hydrogen-bond acceptors (Lipinski definition) is 1. The third kappa shape index (κ3) is 3.83. The predicted molar refractivity (Wildman–Crippen MR) is 112 cm³/mol. The minimum Gasteiger partial charge on any atom is -0.294 e. The normalized spacial score (nSPS) is 17.6. The fourth-order valence-corrected chi connectivity index (χ4v) is 5.04. The number of carbonyl (C=O) groups is 1. The average molecular weight is 462 g/mol. The van der Waals surface area contributed by atoms with E-state index in [-0.39, 0.29) is 5.92 Å². The van der Waals surface area contributed by atoms with Gasteiger partial charge in [0.25, 0.3) is 0 Å². The van der Waals surface area contributed by atoms with Gasteiger partial charge in [0.1, 0.15) is 0 Å². The van der Waals surface area contributed by atoms with E-state index in [1.807, 2.05) is 19.9 Å². The molecule has 0 bridgehead atoms. The minimum absolute atomic E-state index is 0.160. The molecule has 0 aliphatic heterocycles. The number of carbonyl (C=O) groups excluding carboxylic acids is 1. The van der Waals surface area contributed by atoms with Crippen molar-refractivity contribution in [3.63, 3.8) is 0 Å². The molecule has 0 amide bonds. The molecule has 1 atom stereocenters. The number of benzene rings is 2. The van der Waals surface area contributed by atoms with Gasteiger partial charge < -0.3 is 0 Å². The molecule has 0 fully saturated rings. The number of rotatable bonds is 0. The van der Waals surface area contributed by atoms with Crippen molar-refractivity contribution in [2.24, 2.45) is 5.92 Å². The number of aryl methyl sites for hydroxylation is 2. The quantitative estimate of drug-likeness (QED) is 0.419. The maximum atomic E-state index is 11.7. The molecule has 0 saturated heterocycles. The van der Waals surface area contributed by atoms with E-state index in [0.717, 1.165) is 28.4 Å². The second kappa shape index (κ2) is 7.20. The Bertz CT molecular complexity index is 893. The van der Waals surface area contributed by atoms with Gasteiger partial charge in [-0.15, -0.1) is 0 Å². The summed E-state index contributed by atoms with van der Waals surface area (Å²) in [6.07, 6.45) is 4.26. The van der Waals surface area contributed by atoms with Crippen LogP contribution >= 0.6 is 31.9 Å². The Hall–Kier alpha value is -1.19. The van der Waals surface area contributed by atoms with E-state index in [1.54, 1.807) is 0 Å². The molecule has 2 aromatic rings. The molecule has 4 rings (SSSR count). The maximum Gasteiger partial charge on any atom is 0.166 e. The van der Waals surface area contributed by atoms with Crippen LogP contribution in [-0.4, -0.2) is 5.78 Å². The third-order valence-electron chi connectivity index (χ3n) is 4.80. The molecular formula is C22H22Br2O. The first kappa shape index (κ1) is 18.6. The van der Waals surface area contributed by atoms with Crippen LogP contribution in [0.3, 0.4) is 0 Å². The second-order valence-electron chi connectivity index (χ2n) is 7.22. The molecule has 0 radical (unpaired) electrons. The van der Waals surface area contributed by atoms with Crippen LogP contribution in [0.1, 0.15) is 52.0 Å². The van der Waals surface area contributed by atoms with Crippen LogP contribution in [-0.2, 0) is 12.8 Å². The second-order valence-corrected chi connectivity index (χ2v) is 8.93. The number of hydrogen-bond donors (Lipinski definition) is 0. The number of fused-ring (bicyclic) bond motifs is 2. The van der Waals surface area contributed by atoms with Crippen LogP contribution in [0.2, 0.25) is 0 Å². The van der Waals surface area contributed by atoms with Crippen LogP contribution in [0.15, 0.2) is 38.8 Å². The van der Waals surface area contributed by atoms with E-state index < -0.39 is 0 Å². The summed E-state index contributed by atoms with van der Waals surface area (Å²) in [5.74, 6) is 0.451. The van der Waals surface area contributed by atoms with Gasteiger partial charge >= 0.3 is 0 Å². The molecule has 1 nitrogen and oxygen atoms in total. The van der Waals surface area contributed by atoms with Gasteiger partial charge in [0.2, 0.25) is 0 Å². The third-order valence-corrected chi connectivity index (χ3v) is 6.21. The SMILES string of the molecule is CC1=Cc2cc(C)cc(Br)c2C1.Cc1cc(Br)c2c(c1)C(=O)C(C)C2. The Morgan fingerprint density at radius 1 is 0.920 bits per heavy atom. The fourth-order valence-electron chi connectivity index (χ4n) is 3.57. The Labute approximate surface area is 166 Å². The Balaban J connectivity index is 0.000000146. The lowest BCUT2D eigenvalue weighted by molar-refractivity contribution is 0.0946. The first-order valence-corrected chi connectivity index (χ1v) is 10.1. The predicted octanol–water partition coefficient (Wildman–Crippen LogP) is 6.85. The zero-order valence-electron chi connectivity index (χ0n) is 15.0. The molecule has 2 aliphatic rings. The highest BCUT2D eigenvalue weighted by molar-refractivity contribution is 9.10. The van der Waals surface area contributed by atoms with Crippen LogP contribution in [0.5, 0.6) is 0 Å². The van der Waals surface area contributed by atoms with Gasteiger partial charge in [-0.25, -0.2) is 0 Å². The first-order chi connectivity index (χ1) is 11.8. The van der Waals surface area contributed by atoms with Crippen molar-refractivity contribution in [1.29, 1.82) is 0 Å². The van der Waals surface area contributed by atoms with Crippen LogP contribution in [0.4, 0.5) is 0 Å². The summed E-state index contributed by atoms with van der Waals surface area (Å²) >= 11 is 7.09. The van der Waals surface area contributed by atoms with Gasteiger partial charge in [-0.3, -0.25) is 4.79 Å². The molecule has 25 heavy (non-hydrogen) atoms. The van der Waals surface area contributed by atoms with E-state index in [4.69, 9.17) is 0 Å². The van der Waals surface area contributed by atoms with Crippen molar-refractivity contribution in [1.82, 2.24) is 0 Å². The van der Waals surface area contributed by atoms with Gasteiger partial charge in [-0.2, -0.15) is 0 Å². The van der Waals surface area contributed by atoms with Crippen LogP contribution in [0.25, 0.3) is 6.08 Å². The molecule has 2 aromatic carbocycles. The standard InChI is InChI=1S/C11H11BrO.C11H11Br/c1-6-3-9-8(10(12)4-6)5-7(2)11(9)13;1-7-3-9-4-8(2)6-11(12)10(9)5-7/h3-4,7H,5H2,1-2H3;3-4,6H,5H2,1-2H3. The smallest absolute Gasteiger partial charge is 0.166 e. The molecule has 0 saturated carbocycles. The van der Waals surface area contributed by atoms with Gasteiger partial charge in [0, 0.05) is 20.4 Å². The largest absolute Gasteiger partial charge is 0.294 e. The van der Waals surface area contributed by atoms with Gasteiger partial charge in [-0.1, -0.05) is 56.5 Å². The maximum absolute atomic E-state index is 11.7.